The molecule has 0 radical (unpaired) electrons. The highest BCUT2D eigenvalue weighted by atomic mass is 16.4. The molecule has 0 spiro atoms. The van der Waals surface area contributed by atoms with Crippen molar-refractivity contribution in [2.24, 2.45) is 0 Å². The molecule has 2 aromatic rings. The molecule has 1 heterocycles. The molecule has 0 saturated heterocycles. The van der Waals surface area contributed by atoms with Gasteiger partial charge in [-0.05, 0) is 17.7 Å². The number of nitrogens with one attached hydrogen (secondary N) is 1. The van der Waals surface area contributed by atoms with Gasteiger partial charge in [-0.1, -0.05) is 6.07 Å². The van der Waals surface area contributed by atoms with Gasteiger partial charge in [0, 0.05) is 13.5 Å². The lowest BCUT2D eigenvalue weighted by atomic mass is 10.0. The maximum absolute atomic E-state index is 10.7. The van der Waals surface area contributed by atoms with E-state index in [1.54, 1.807) is 18.2 Å². The number of aromatic nitrogens is 1. The largest absolute Gasteiger partial charge is 0.424 e. The van der Waals surface area contributed by atoms with Crippen molar-refractivity contribution in [1.82, 2.24) is 10.3 Å². The average Bonchev–Trinajstić information content (AvgIpc) is 2.73. The van der Waals surface area contributed by atoms with Crippen LogP contribution in [0.25, 0.3) is 11.1 Å². The summed E-state index contributed by atoms with van der Waals surface area (Å²) in [6.07, 6.45) is -2.24. The second-order valence-corrected chi connectivity index (χ2v) is 4.23. The van der Waals surface area contributed by atoms with Gasteiger partial charge in [0.05, 0.1) is 0 Å². The molecular formula is C12H15N3O4. The van der Waals surface area contributed by atoms with Crippen molar-refractivity contribution in [3.8, 4) is 0 Å². The Morgan fingerprint density at radius 1 is 1.53 bits per heavy atom. The number of nitrogens with zero attached hydrogens (tertiary/aromatic N) is 1. The maximum atomic E-state index is 10.7. The van der Waals surface area contributed by atoms with Gasteiger partial charge in [-0.15, -0.1) is 0 Å². The van der Waals surface area contributed by atoms with Gasteiger partial charge in [0.15, 0.2) is 5.58 Å². The van der Waals surface area contributed by atoms with E-state index in [0.29, 0.717) is 16.7 Å². The molecule has 0 bridgehead atoms. The highest BCUT2D eigenvalue weighted by molar-refractivity contribution is 5.75. The molecule has 2 rings (SSSR count). The molecule has 0 fully saturated rings. The second kappa shape index (κ2) is 5.25. The summed E-state index contributed by atoms with van der Waals surface area (Å²) in [5, 5.41) is 22.2. The number of fused-ring (bicyclic) bond motifs is 1. The zero-order valence-corrected chi connectivity index (χ0v) is 10.3. The molecular weight excluding hydrogens is 250 g/mol. The Labute approximate surface area is 109 Å². The number of hydrogen-bond acceptors (Lipinski definition) is 6. The number of nitrogen functional groups attached to an aromatic ring is 1. The number of carbonyl (C=O) groups is 1. The number of nitrogens with two attached hydrogens (primary N) is 1. The highest BCUT2D eigenvalue weighted by Crippen LogP contribution is 2.23. The van der Waals surface area contributed by atoms with Crippen molar-refractivity contribution < 1.29 is 19.4 Å². The molecule has 1 amide bonds. The molecule has 2 atom stereocenters. The predicted octanol–water partition coefficient (Wildman–Crippen LogP) is -0.0596. The van der Waals surface area contributed by atoms with Crippen LogP contribution in [0.5, 0.6) is 0 Å². The summed E-state index contributed by atoms with van der Waals surface area (Å²) in [6.45, 7) is 1.30. The first-order valence-electron chi connectivity index (χ1n) is 5.74. The fourth-order valence-electron chi connectivity index (χ4n) is 1.73. The summed E-state index contributed by atoms with van der Waals surface area (Å²) < 4.78 is 5.11. The summed E-state index contributed by atoms with van der Waals surface area (Å²) in [5.41, 5.74) is 6.90. The number of hydrogen-bond donors (Lipinski definition) is 4. The Kier molecular flexibility index (Phi) is 3.68. The van der Waals surface area contributed by atoms with E-state index in [1.807, 2.05) is 0 Å². The van der Waals surface area contributed by atoms with E-state index in [2.05, 4.69) is 10.3 Å². The molecule has 0 aliphatic heterocycles. The van der Waals surface area contributed by atoms with E-state index in [0.717, 1.165) is 0 Å². The Morgan fingerprint density at radius 2 is 2.26 bits per heavy atom. The predicted molar refractivity (Wildman–Crippen MR) is 68.1 cm³/mol. The lowest BCUT2D eigenvalue weighted by Crippen LogP contribution is -2.34. The molecule has 1 aromatic heterocycles. The van der Waals surface area contributed by atoms with E-state index in [1.165, 1.54) is 6.92 Å². The molecule has 19 heavy (non-hydrogen) atoms. The third-order valence-corrected chi connectivity index (χ3v) is 2.69. The van der Waals surface area contributed by atoms with E-state index in [-0.39, 0.29) is 18.5 Å². The quantitative estimate of drug-likeness (QED) is 0.614. The lowest BCUT2D eigenvalue weighted by molar-refractivity contribution is -0.119. The van der Waals surface area contributed by atoms with Gasteiger partial charge in [0.2, 0.25) is 5.91 Å². The van der Waals surface area contributed by atoms with Gasteiger partial charge in [-0.2, -0.15) is 4.98 Å². The second-order valence-electron chi connectivity index (χ2n) is 4.23. The molecule has 7 heteroatoms. The number of benzene rings is 1. The summed E-state index contributed by atoms with van der Waals surface area (Å²) in [4.78, 5) is 14.7. The Balaban J connectivity index is 2.15. The van der Waals surface area contributed by atoms with Crippen LogP contribution in [0.4, 0.5) is 6.01 Å². The molecule has 0 aliphatic carbocycles. The Hall–Kier alpha value is -2.12. The molecule has 0 saturated carbocycles. The number of rotatable bonds is 4. The molecule has 102 valence electrons. The third-order valence-electron chi connectivity index (χ3n) is 2.69. The number of aliphatic hydroxyl groups excluding tert-OH is 2. The van der Waals surface area contributed by atoms with Crippen molar-refractivity contribution in [3.05, 3.63) is 23.8 Å². The fourth-order valence-corrected chi connectivity index (χ4v) is 1.73. The maximum Gasteiger partial charge on any atom is 0.292 e. The van der Waals surface area contributed by atoms with E-state index >= 15 is 0 Å². The van der Waals surface area contributed by atoms with Crippen molar-refractivity contribution in [2.75, 3.05) is 12.3 Å². The Morgan fingerprint density at radius 3 is 2.95 bits per heavy atom. The van der Waals surface area contributed by atoms with Crippen LogP contribution in [0.2, 0.25) is 0 Å². The minimum atomic E-state index is -1.13. The number of oxazole rings is 1. The topological polar surface area (TPSA) is 122 Å². The van der Waals surface area contributed by atoms with E-state index in [4.69, 9.17) is 10.2 Å². The minimum Gasteiger partial charge on any atom is -0.424 e. The summed E-state index contributed by atoms with van der Waals surface area (Å²) in [5.74, 6) is -0.272. The van der Waals surface area contributed by atoms with Gasteiger partial charge in [0.1, 0.15) is 17.7 Å². The van der Waals surface area contributed by atoms with Gasteiger partial charge < -0.3 is 25.7 Å². The van der Waals surface area contributed by atoms with Crippen molar-refractivity contribution in [2.45, 2.75) is 19.1 Å². The third kappa shape index (κ3) is 3.01. The van der Waals surface area contributed by atoms with Gasteiger partial charge >= 0.3 is 0 Å². The zero-order chi connectivity index (χ0) is 14.0. The summed E-state index contributed by atoms with van der Waals surface area (Å²) in [6, 6.07) is 4.84. The molecule has 2 unspecified atom stereocenters. The Bertz CT molecular complexity index is 596. The highest BCUT2D eigenvalue weighted by Gasteiger charge is 2.19. The number of aliphatic hydroxyl groups is 2. The summed E-state index contributed by atoms with van der Waals surface area (Å²) >= 11 is 0. The fraction of sp³-hybridized carbons (Fsp3) is 0.333. The smallest absolute Gasteiger partial charge is 0.292 e. The van der Waals surface area contributed by atoms with Crippen molar-refractivity contribution >= 4 is 23.0 Å². The molecule has 0 aliphatic rings. The van der Waals surface area contributed by atoms with Crippen molar-refractivity contribution in [3.63, 3.8) is 0 Å². The molecule has 7 nitrogen and oxygen atoms in total. The van der Waals surface area contributed by atoms with Crippen LogP contribution < -0.4 is 11.1 Å². The first kappa shape index (κ1) is 13.3. The molecule has 5 N–H and O–H groups in total. The van der Waals surface area contributed by atoms with Gasteiger partial charge in [-0.3, -0.25) is 4.79 Å². The molecule has 1 aromatic carbocycles. The van der Waals surface area contributed by atoms with Gasteiger partial charge in [-0.25, -0.2) is 0 Å². The number of anilines is 1. The lowest BCUT2D eigenvalue weighted by Gasteiger charge is -2.18. The van der Waals surface area contributed by atoms with Crippen LogP contribution in [0.1, 0.15) is 18.6 Å². The van der Waals surface area contributed by atoms with Crippen LogP contribution in [-0.4, -0.2) is 33.8 Å². The van der Waals surface area contributed by atoms with Crippen LogP contribution in [-0.2, 0) is 4.79 Å². The van der Waals surface area contributed by atoms with E-state index in [9.17, 15) is 15.0 Å². The van der Waals surface area contributed by atoms with Crippen LogP contribution in [0.15, 0.2) is 22.6 Å². The van der Waals surface area contributed by atoms with Crippen LogP contribution >= 0.6 is 0 Å². The normalized spacial score (nSPS) is 14.3. The first-order valence-corrected chi connectivity index (χ1v) is 5.74. The minimum absolute atomic E-state index is 0.0323. The SMILES string of the molecule is CC(=O)NCC(O)C(O)c1ccc2oc(N)nc2c1. The standard InChI is InChI=1S/C12H15N3O4/c1-6(16)14-5-9(17)11(18)7-2-3-10-8(4-7)15-12(13)19-10/h2-4,9,11,17-18H,5H2,1H3,(H2,13,15)(H,14,16). The monoisotopic (exact) mass is 265 g/mol. The summed E-state index contributed by atoms with van der Waals surface area (Å²) in [7, 11) is 0. The number of amides is 1. The van der Waals surface area contributed by atoms with Crippen LogP contribution in [0.3, 0.4) is 0 Å². The number of carbonyl (C=O) groups excluding carboxylic acids is 1. The van der Waals surface area contributed by atoms with Gasteiger partial charge in [0.25, 0.3) is 6.01 Å². The van der Waals surface area contributed by atoms with E-state index < -0.39 is 12.2 Å². The first-order chi connectivity index (χ1) is 8.97. The average molecular weight is 265 g/mol. The van der Waals surface area contributed by atoms with Crippen molar-refractivity contribution in [1.29, 1.82) is 0 Å². The zero-order valence-electron chi connectivity index (χ0n) is 10.3. The van der Waals surface area contributed by atoms with Crippen LogP contribution in [0, 0.1) is 0 Å².